The summed E-state index contributed by atoms with van der Waals surface area (Å²) in [4.78, 5) is 16.5. The Morgan fingerprint density at radius 3 is 2.75 bits per heavy atom. The number of hydrogen-bond acceptors (Lipinski definition) is 4. The summed E-state index contributed by atoms with van der Waals surface area (Å²) in [6.45, 7) is 1.85. The van der Waals surface area contributed by atoms with Crippen LogP contribution in [0.25, 0.3) is 0 Å². The lowest BCUT2D eigenvalue weighted by Crippen LogP contribution is -2.15. The molecule has 146 valence electrons. The molecule has 28 heavy (non-hydrogen) atoms. The van der Waals surface area contributed by atoms with Crippen molar-refractivity contribution in [1.82, 2.24) is 4.98 Å². The molecule has 0 spiro atoms. The van der Waals surface area contributed by atoms with Crippen LogP contribution in [0.4, 0.5) is 29.7 Å². The van der Waals surface area contributed by atoms with Crippen molar-refractivity contribution in [3.05, 3.63) is 69.7 Å². The Hall–Kier alpha value is -2.58. The summed E-state index contributed by atoms with van der Waals surface area (Å²) in [7, 11) is 0. The third-order valence-corrected chi connectivity index (χ3v) is 4.85. The summed E-state index contributed by atoms with van der Waals surface area (Å²) >= 11 is 7.15. The third kappa shape index (κ3) is 5.24. The van der Waals surface area contributed by atoms with E-state index in [4.69, 9.17) is 11.6 Å². The zero-order valence-electron chi connectivity index (χ0n) is 14.6. The third-order valence-electron chi connectivity index (χ3n) is 3.81. The van der Waals surface area contributed by atoms with Crippen LogP contribution in [-0.2, 0) is 17.4 Å². The van der Waals surface area contributed by atoms with Crippen molar-refractivity contribution in [2.45, 2.75) is 19.5 Å². The van der Waals surface area contributed by atoms with Crippen molar-refractivity contribution in [3.8, 4) is 0 Å². The van der Waals surface area contributed by atoms with Crippen LogP contribution in [-0.4, -0.2) is 10.9 Å². The fourth-order valence-electron chi connectivity index (χ4n) is 2.43. The number of alkyl halides is 3. The van der Waals surface area contributed by atoms with Gasteiger partial charge in [-0.2, -0.15) is 13.2 Å². The van der Waals surface area contributed by atoms with Crippen LogP contribution in [0.15, 0.2) is 47.8 Å². The zero-order chi connectivity index (χ0) is 20.3. The van der Waals surface area contributed by atoms with Gasteiger partial charge in [0.25, 0.3) is 0 Å². The minimum atomic E-state index is -4.41. The monoisotopic (exact) mass is 425 g/mol. The second-order valence-electron chi connectivity index (χ2n) is 6.03. The van der Waals surface area contributed by atoms with Gasteiger partial charge in [-0.3, -0.25) is 4.79 Å². The Morgan fingerprint density at radius 1 is 1.21 bits per heavy atom. The van der Waals surface area contributed by atoms with Crippen molar-refractivity contribution >= 4 is 45.4 Å². The van der Waals surface area contributed by atoms with Crippen LogP contribution in [0.3, 0.4) is 0 Å². The molecule has 0 aliphatic heterocycles. The summed E-state index contributed by atoms with van der Waals surface area (Å²) < 4.78 is 38.4. The van der Waals surface area contributed by atoms with Gasteiger partial charge in [0.05, 0.1) is 17.7 Å². The molecule has 0 saturated heterocycles. The Kier molecular flexibility index (Phi) is 5.90. The minimum Gasteiger partial charge on any atom is -0.332 e. The molecule has 0 unspecified atom stereocenters. The lowest BCUT2D eigenvalue weighted by atomic mass is 10.2. The van der Waals surface area contributed by atoms with Crippen LogP contribution in [0.1, 0.15) is 16.8 Å². The topological polar surface area (TPSA) is 54.0 Å². The minimum absolute atomic E-state index is 0.0344. The van der Waals surface area contributed by atoms with Gasteiger partial charge < -0.3 is 10.6 Å². The predicted molar refractivity (Wildman–Crippen MR) is 105 cm³/mol. The van der Waals surface area contributed by atoms with Gasteiger partial charge in [0.2, 0.25) is 5.91 Å². The maximum absolute atomic E-state index is 12.8. The largest absolute Gasteiger partial charge is 0.416 e. The molecule has 9 heteroatoms. The number of benzene rings is 2. The van der Waals surface area contributed by atoms with Crippen LogP contribution in [0, 0.1) is 6.92 Å². The Labute approximate surface area is 168 Å². The average molecular weight is 426 g/mol. The fraction of sp³-hybridized carbons (Fsp3) is 0.158. The molecule has 1 amide bonds. The molecule has 4 nitrogen and oxygen atoms in total. The molecule has 2 aromatic carbocycles. The Morgan fingerprint density at radius 2 is 2.00 bits per heavy atom. The van der Waals surface area contributed by atoms with E-state index in [1.54, 1.807) is 23.6 Å². The summed E-state index contributed by atoms with van der Waals surface area (Å²) in [6.07, 6.45) is -4.38. The number of thiazole rings is 1. The average Bonchev–Trinajstić information content (AvgIpc) is 3.04. The SMILES string of the molecule is Cc1ccc(Cl)cc1NC(=O)Cc1csc(Nc2cccc(C(F)(F)F)c2)n1. The van der Waals surface area contributed by atoms with Crippen molar-refractivity contribution in [2.75, 3.05) is 10.6 Å². The maximum Gasteiger partial charge on any atom is 0.416 e. The summed E-state index contributed by atoms with van der Waals surface area (Å²) in [5.74, 6) is -0.263. The molecular weight excluding hydrogens is 411 g/mol. The van der Waals surface area contributed by atoms with E-state index in [0.717, 1.165) is 17.7 Å². The number of carbonyl (C=O) groups is 1. The fourth-order valence-corrected chi connectivity index (χ4v) is 3.33. The number of nitrogens with zero attached hydrogens (tertiary/aromatic N) is 1. The first-order valence-electron chi connectivity index (χ1n) is 8.15. The number of nitrogens with one attached hydrogen (secondary N) is 2. The highest BCUT2D eigenvalue weighted by atomic mass is 35.5. The smallest absolute Gasteiger partial charge is 0.332 e. The molecule has 1 heterocycles. The van der Waals surface area contributed by atoms with Gasteiger partial charge in [0, 0.05) is 21.8 Å². The number of anilines is 3. The molecule has 3 rings (SSSR count). The summed E-state index contributed by atoms with van der Waals surface area (Å²) in [6, 6.07) is 10.1. The second kappa shape index (κ2) is 8.20. The van der Waals surface area contributed by atoms with Crippen LogP contribution < -0.4 is 10.6 Å². The van der Waals surface area contributed by atoms with E-state index in [2.05, 4.69) is 15.6 Å². The molecule has 2 N–H and O–H groups in total. The van der Waals surface area contributed by atoms with Crippen molar-refractivity contribution in [2.24, 2.45) is 0 Å². The Bertz CT molecular complexity index is 1000. The van der Waals surface area contributed by atoms with E-state index in [0.29, 0.717) is 21.5 Å². The number of rotatable bonds is 5. The van der Waals surface area contributed by atoms with Gasteiger partial charge in [-0.05, 0) is 42.8 Å². The van der Waals surface area contributed by atoms with Crippen LogP contribution in [0.2, 0.25) is 5.02 Å². The van der Waals surface area contributed by atoms with E-state index in [1.165, 1.54) is 23.5 Å². The lowest BCUT2D eigenvalue weighted by Gasteiger charge is -2.09. The molecule has 0 aliphatic carbocycles. The molecule has 0 radical (unpaired) electrons. The van der Waals surface area contributed by atoms with E-state index in [1.807, 2.05) is 6.92 Å². The molecular formula is C19H15ClF3N3OS. The normalized spacial score (nSPS) is 11.3. The van der Waals surface area contributed by atoms with E-state index < -0.39 is 11.7 Å². The lowest BCUT2D eigenvalue weighted by molar-refractivity contribution is -0.137. The molecule has 3 aromatic rings. The standard InChI is InChI=1S/C19H15ClF3N3OS/c1-11-5-6-13(20)8-16(11)26-17(27)9-15-10-28-18(25-15)24-14-4-2-3-12(7-14)19(21,22)23/h2-8,10H,9H2,1H3,(H,24,25)(H,26,27). The highest BCUT2D eigenvalue weighted by Crippen LogP contribution is 2.32. The van der Waals surface area contributed by atoms with Crippen molar-refractivity contribution in [3.63, 3.8) is 0 Å². The Balaban J connectivity index is 1.64. The van der Waals surface area contributed by atoms with Crippen molar-refractivity contribution in [1.29, 1.82) is 0 Å². The number of halogens is 4. The van der Waals surface area contributed by atoms with Crippen molar-refractivity contribution < 1.29 is 18.0 Å². The van der Waals surface area contributed by atoms with Gasteiger partial charge in [-0.1, -0.05) is 23.7 Å². The van der Waals surface area contributed by atoms with E-state index in [9.17, 15) is 18.0 Å². The maximum atomic E-state index is 12.8. The molecule has 0 fully saturated rings. The molecule has 1 aromatic heterocycles. The van der Waals surface area contributed by atoms with E-state index >= 15 is 0 Å². The molecule has 0 atom stereocenters. The first kappa shape index (κ1) is 20.2. The highest BCUT2D eigenvalue weighted by molar-refractivity contribution is 7.13. The van der Waals surface area contributed by atoms with Gasteiger partial charge in [0.1, 0.15) is 0 Å². The first-order valence-corrected chi connectivity index (χ1v) is 9.41. The van der Waals surface area contributed by atoms with Gasteiger partial charge in [-0.15, -0.1) is 11.3 Å². The number of aromatic nitrogens is 1. The van der Waals surface area contributed by atoms with Crippen LogP contribution in [0.5, 0.6) is 0 Å². The van der Waals surface area contributed by atoms with E-state index in [-0.39, 0.29) is 18.0 Å². The second-order valence-corrected chi connectivity index (χ2v) is 7.33. The van der Waals surface area contributed by atoms with Gasteiger partial charge >= 0.3 is 6.18 Å². The predicted octanol–water partition coefficient (Wildman–Crippen LogP) is 6.05. The highest BCUT2D eigenvalue weighted by Gasteiger charge is 2.30. The van der Waals surface area contributed by atoms with Gasteiger partial charge in [-0.25, -0.2) is 4.98 Å². The number of amides is 1. The number of hydrogen-bond donors (Lipinski definition) is 2. The number of carbonyl (C=O) groups excluding carboxylic acids is 1. The van der Waals surface area contributed by atoms with Crippen LogP contribution >= 0.6 is 22.9 Å². The molecule has 0 aliphatic rings. The summed E-state index contributed by atoms with van der Waals surface area (Å²) in [5, 5.41) is 8.21. The first-order chi connectivity index (χ1) is 13.2. The summed E-state index contributed by atoms with van der Waals surface area (Å²) in [5.41, 5.74) is 1.54. The van der Waals surface area contributed by atoms with Gasteiger partial charge in [0.15, 0.2) is 5.13 Å². The molecule has 0 bridgehead atoms. The zero-order valence-corrected chi connectivity index (χ0v) is 16.2. The number of aryl methyl sites for hydroxylation is 1. The quantitative estimate of drug-likeness (QED) is 0.523. The molecule has 0 saturated carbocycles.